The van der Waals surface area contributed by atoms with Crippen molar-refractivity contribution in [1.82, 2.24) is 5.32 Å². The second-order valence-corrected chi connectivity index (χ2v) is 4.81. The summed E-state index contributed by atoms with van der Waals surface area (Å²) >= 11 is 0. The lowest BCUT2D eigenvalue weighted by Gasteiger charge is -2.24. The summed E-state index contributed by atoms with van der Waals surface area (Å²) in [6.07, 6.45) is 1.65. The van der Waals surface area contributed by atoms with Crippen LogP contribution in [0.25, 0.3) is 0 Å². The van der Waals surface area contributed by atoms with Gasteiger partial charge in [0.1, 0.15) is 0 Å². The van der Waals surface area contributed by atoms with Crippen LogP contribution in [-0.2, 0) is 4.74 Å². The predicted molar refractivity (Wildman–Crippen MR) is 51.3 cm³/mol. The van der Waals surface area contributed by atoms with Crippen molar-refractivity contribution >= 4 is 0 Å². The number of hydrogen-bond donors (Lipinski definition) is 1. The first-order valence-electron chi connectivity index (χ1n) is 4.86. The van der Waals surface area contributed by atoms with Gasteiger partial charge in [-0.15, -0.1) is 0 Å². The van der Waals surface area contributed by atoms with Crippen molar-refractivity contribution in [2.45, 2.75) is 45.8 Å². The molecule has 0 saturated carbocycles. The van der Waals surface area contributed by atoms with Crippen molar-refractivity contribution in [1.29, 1.82) is 0 Å². The Morgan fingerprint density at radius 1 is 1.42 bits per heavy atom. The summed E-state index contributed by atoms with van der Waals surface area (Å²) in [6.45, 7) is 10.8. The Labute approximate surface area is 75.7 Å². The fourth-order valence-electron chi connectivity index (χ4n) is 1.42. The summed E-state index contributed by atoms with van der Waals surface area (Å²) in [6, 6.07) is 0. The van der Waals surface area contributed by atoms with Crippen LogP contribution < -0.4 is 5.32 Å². The highest BCUT2D eigenvalue weighted by atomic mass is 16.5. The summed E-state index contributed by atoms with van der Waals surface area (Å²) in [5, 5.41) is 3.47. The molecule has 2 heteroatoms. The van der Waals surface area contributed by atoms with E-state index in [-0.39, 0.29) is 5.54 Å². The molecular formula is C10H21NO. The van der Waals surface area contributed by atoms with Gasteiger partial charge < -0.3 is 10.1 Å². The zero-order chi connectivity index (χ0) is 9.19. The molecule has 2 unspecified atom stereocenters. The molecule has 0 aromatic rings. The Balaban J connectivity index is 2.23. The average Bonchev–Trinajstić information content (AvgIpc) is 2.29. The Hall–Kier alpha value is -0.0800. The number of rotatable bonds is 2. The molecule has 2 atom stereocenters. The standard InChI is InChI=1S/C10H21NO/c1-8-5-6-12-9(8)7-11-10(2,3)4/h8-9,11H,5-7H2,1-4H3. The summed E-state index contributed by atoms with van der Waals surface area (Å²) in [5.41, 5.74) is 0.214. The predicted octanol–water partition coefficient (Wildman–Crippen LogP) is 1.80. The summed E-state index contributed by atoms with van der Waals surface area (Å²) in [7, 11) is 0. The first-order valence-corrected chi connectivity index (χ1v) is 4.86. The van der Waals surface area contributed by atoms with Crippen LogP contribution in [0, 0.1) is 5.92 Å². The molecule has 12 heavy (non-hydrogen) atoms. The van der Waals surface area contributed by atoms with E-state index in [0.717, 1.165) is 19.1 Å². The van der Waals surface area contributed by atoms with Crippen LogP contribution in [0.2, 0.25) is 0 Å². The van der Waals surface area contributed by atoms with Crippen LogP contribution in [0.5, 0.6) is 0 Å². The third-order valence-corrected chi connectivity index (χ3v) is 2.37. The van der Waals surface area contributed by atoms with E-state index in [1.165, 1.54) is 6.42 Å². The van der Waals surface area contributed by atoms with Crippen molar-refractivity contribution in [3.8, 4) is 0 Å². The quantitative estimate of drug-likeness (QED) is 0.684. The molecule has 72 valence electrons. The van der Waals surface area contributed by atoms with Crippen molar-refractivity contribution in [3.63, 3.8) is 0 Å². The Morgan fingerprint density at radius 2 is 2.08 bits per heavy atom. The first-order chi connectivity index (χ1) is 5.49. The molecule has 0 bridgehead atoms. The zero-order valence-corrected chi connectivity index (χ0v) is 8.68. The minimum Gasteiger partial charge on any atom is -0.377 e. The molecule has 0 amide bonds. The molecule has 1 fully saturated rings. The minimum absolute atomic E-state index is 0.214. The molecule has 0 spiro atoms. The van der Waals surface area contributed by atoms with Crippen LogP contribution >= 0.6 is 0 Å². The summed E-state index contributed by atoms with van der Waals surface area (Å²) in [5.74, 6) is 0.722. The van der Waals surface area contributed by atoms with E-state index in [1.54, 1.807) is 0 Å². The maximum absolute atomic E-state index is 5.60. The molecule has 2 nitrogen and oxygen atoms in total. The van der Waals surface area contributed by atoms with Gasteiger partial charge in [0.15, 0.2) is 0 Å². The highest BCUT2D eigenvalue weighted by molar-refractivity contribution is 4.79. The fourth-order valence-corrected chi connectivity index (χ4v) is 1.42. The molecule has 1 N–H and O–H groups in total. The topological polar surface area (TPSA) is 21.3 Å². The van der Waals surface area contributed by atoms with Crippen LogP contribution in [0.15, 0.2) is 0 Å². The zero-order valence-electron chi connectivity index (χ0n) is 8.68. The molecule has 0 aromatic heterocycles. The van der Waals surface area contributed by atoms with Crippen molar-refractivity contribution in [2.24, 2.45) is 5.92 Å². The van der Waals surface area contributed by atoms with E-state index in [1.807, 2.05) is 0 Å². The van der Waals surface area contributed by atoms with Crippen molar-refractivity contribution in [2.75, 3.05) is 13.2 Å². The van der Waals surface area contributed by atoms with Crippen LogP contribution in [0.1, 0.15) is 34.1 Å². The normalized spacial score (nSPS) is 31.0. The molecule has 0 aromatic carbocycles. The molecular weight excluding hydrogens is 150 g/mol. The number of ether oxygens (including phenoxy) is 1. The van der Waals surface area contributed by atoms with E-state index in [0.29, 0.717) is 6.10 Å². The minimum atomic E-state index is 0.214. The highest BCUT2D eigenvalue weighted by Gasteiger charge is 2.25. The maximum atomic E-state index is 5.60. The van der Waals surface area contributed by atoms with Gasteiger partial charge in [0.2, 0.25) is 0 Å². The van der Waals surface area contributed by atoms with Crippen LogP contribution in [-0.4, -0.2) is 24.8 Å². The van der Waals surface area contributed by atoms with Gasteiger partial charge in [0, 0.05) is 18.7 Å². The summed E-state index contributed by atoms with van der Waals surface area (Å²) < 4.78 is 5.60. The monoisotopic (exact) mass is 171 g/mol. The lowest BCUT2D eigenvalue weighted by Crippen LogP contribution is -2.42. The Kier molecular flexibility index (Phi) is 3.13. The summed E-state index contributed by atoms with van der Waals surface area (Å²) in [4.78, 5) is 0. The van der Waals surface area contributed by atoms with E-state index in [2.05, 4.69) is 33.0 Å². The van der Waals surface area contributed by atoms with E-state index in [4.69, 9.17) is 4.74 Å². The van der Waals surface area contributed by atoms with Gasteiger partial charge in [-0.3, -0.25) is 0 Å². The third kappa shape index (κ3) is 3.11. The fraction of sp³-hybridized carbons (Fsp3) is 1.00. The van der Waals surface area contributed by atoms with Gasteiger partial charge in [0.25, 0.3) is 0 Å². The maximum Gasteiger partial charge on any atom is 0.0725 e. The van der Waals surface area contributed by atoms with Gasteiger partial charge in [0.05, 0.1) is 6.10 Å². The van der Waals surface area contributed by atoms with Gasteiger partial charge >= 0.3 is 0 Å². The number of hydrogen-bond acceptors (Lipinski definition) is 2. The first kappa shape index (κ1) is 10.0. The van der Waals surface area contributed by atoms with Crippen molar-refractivity contribution < 1.29 is 4.74 Å². The van der Waals surface area contributed by atoms with Crippen LogP contribution in [0.3, 0.4) is 0 Å². The molecule has 1 aliphatic heterocycles. The molecule has 1 heterocycles. The van der Waals surface area contributed by atoms with Gasteiger partial charge in [-0.25, -0.2) is 0 Å². The SMILES string of the molecule is CC1CCOC1CNC(C)(C)C. The highest BCUT2D eigenvalue weighted by Crippen LogP contribution is 2.19. The third-order valence-electron chi connectivity index (χ3n) is 2.37. The molecule has 0 aliphatic carbocycles. The van der Waals surface area contributed by atoms with Gasteiger partial charge in [-0.05, 0) is 33.1 Å². The second-order valence-electron chi connectivity index (χ2n) is 4.81. The van der Waals surface area contributed by atoms with E-state index in [9.17, 15) is 0 Å². The molecule has 1 aliphatic rings. The lowest BCUT2D eigenvalue weighted by molar-refractivity contribution is 0.0876. The van der Waals surface area contributed by atoms with Crippen LogP contribution in [0.4, 0.5) is 0 Å². The Bertz CT molecular complexity index is 139. The molecule has 1 rings (SSSR count). The smallest absolute Gasteiger partial charge is 0.0725 e. The average molecular weight is 171 g/mol. The number of nitrogens with one attached hydrogen (secondary N) is 1. The van der Waals surface area contributed by atoms with Gasteiger partial charge in [-0.2, -0.15) is 0 Å². The van der Waals surface area contributed by atoms with Crippen molar-refractivity contribution in [3.05, 3.63) is 0 Å². The Morgan fingerprint density at radius 3 is 2.50 bits per heavy atom. The van der Waals surface area contributed by atoms with E-state index >= 15 is 0 Å². The van der Waals surface area contributed by atoms with E-state index < -0.39 is 0 Å². The largest absolute Gasteiger partial charge is 0.377 e. The molecule has 0 radical (unpaired) electrons. The molecule has 1 saturated heterocycles. The second kappa shape index (κ2) is 3.75. The van der Waals surface area contributed by atoms with Gasteiger partial charge in [-0.1, -0.05) is 6.92 Å². The lowest BCUT2D eigenvalue weighted by atomic mass is 10.0.